The van der Waals surface area contributed by atoms with Gasteiger partial charge in [-0.25, -0.2) is 4.79 Å². The first-order valence-electron chi connectivity index (χ1n) is 5.41. The van der Waals surface area contributed by atoms with Crippen LogP contribution in [0.5, 0.6) is 0 Å². The van der Waals surface area contributed by atoms with Gasteiger partial charge in [-0.1, -0.05) is 6.07 Å². The zero-order valence-electron chi connectivity index (χ0n) is 9.79. The van der Waals surface area contributed by atoms with E-state index in [0.717, 1.165) is 0 Å². The normalized spacial score (nSPS) is 18.0. The maximum atomic E-state index is 12.0. The number of carbonyl (C=O) groups excluding carboxylic acids is 1. The lowest BCUT2D eigenvalue weighted by Gasteiger charge is -2.19. The van der Waals surface area contributed by atoms with Crippen molar-refractivity contribution in [2.75, 3.05) is 20.3 Å². The topological polar surface area (TPSA) is 87.1 Å². The molecule has 0 saturated heterocycles. The highest BCUT2D eigenvalue weighted by Crippen LogP contribution is 2.31. The molecule has 0 aromatic heterocycles. The van der Waals surface area contributed by atoms with Gasteiger partial charge < -0.3 is 19.8 Å². The third-order valence-electron chi connectivity index (χ3n) is 2.90. The Morgan fingerprint density at radius 1 is 1.50 bits per heavy atom. The predicted molar refractivity (Wildman–Crippen MR) is 61.3 cm³/mol. The van der Waals surface area contributed by atoms with Gasteiger partial charge in [0.15, 0.2) is 6.23 Å². The van der Waals surface area contributed by atoms with E-state index in [0.29, 0.717) is 12.2 Å². The fourth-order valence-corrected chi connectivity index (χ4v) is 1.95. The van der Waals surface area contributed by atoms with Crippen LogP contribution in [0.25, 0.3) is 0 Å². The largest absolute Gasteiger partial charge is 0.478 e. The van der Waals surface area contributed by atoms with Crippen LogP contribution in [0, 0.1) is 0 Å². The molecule has 2 N–H and O–H groups in total. The van der Waals surface area contributed by atoms with Gasteiger partial charge in [0.2, 0.25) is 0 Å². The molecule has 0 radical (unpaired) electrons. The molecule has 96 valence electrons. The second kappa shape index (κ2) is 4.75. The van der Waals surface area contributed by atoms with E-state index in [1.54, 1.807) is 0 Å². The number of aliphatic hydroxyl groups excluding tert-OH is 1. The van der Waals surface area contributed by atoms with Crippen molar-refractivity contribution in [3.05, 3.63) is 34.9 Å². The molecule has 1 amide bonds. The van der Waals surface area contributed by atoms with Crippen molar-refractivity contribution in [1.29, 1.82) is 0 Å². The van der Waals surface area contributed by atoms with Gasteiger partial charge >= 0.3 is 5.97 Å². The van der Waals surface area contributed by atoms with E-state index in [9.17, 15) is 14.7 Å². The maximum Gasteiger partial charge on any atom is 0.335 e. The van der Waals surface area contributed by atoms with Gasteiger partial charge in [-0.15, -0.1) is 0 Å². The predicted octanol–water partition coefficient (Wildman–Crippen LogP) is 0.478. The summed E-state index contributed by atoms with van der Waals surface area (Å²) in [5, 5.41) is 18.8. The number of amides is 1. The number of rotatable bonds is 4. The highest BCUT2D eigenvalue weighted by Gasteiger charge is 2.35. The zero-order valence-corrected chi connectivity index (χ0v) is 9.79. The molecule has 0 fully saturated rings. The Bertz CT molecular complexity index is 499. The molecule has 0 spiro atoms. The van der Waals surface area contributed by atoms with E-state index < -0.39 is 12.2 Å². The van der Waals surface area contributed by atoms with E-state index in [1.165, 1.54) is 30.2 Å². The summed E-state index contributed by atoms with van der Waals surface area (Å²) >= 11 is 0. The number of nitrogens with zero attached hydrogens (tertiary/aromatic N) is 1. The quantitative estimate of drug-likeness (QED) is 0.812. The number of benzene rings is 1. The van der Waals surface area contributed by atoms with Crippen molar-refractivity contribution in [1.82, 2.24) is 4.90 Å². The molecule has 6 heteroatoms. The number of ether oxygens (including phenoxy) is 1. The summed E-state index contributed by atoms with van der Waals surface area (Å²) in [6.45, 7) is 0.566. The van der Waals surface area contributed by atoms with Crippen molar-refractivity contribution in [3.63, 3.8) is 0 Å². The monoisotopic (exact) mass is 251 g/mol. The number of hydrogen-bond donors (Lipinski definition) is 2. The second-order valence-corrected chi connectivity index (χ2v) is 3.97. The summed E-state index contributed by atoms with van der Waals surface area (Å²) in [4.78, 5) is 24.1. The number of methoxy groups -OCH3 is 1. The SMILES string of the molecule is COCCN1C(=O)c2cc(C(=O)O)ccc2C1O. The van der Waals surface area contributed by atoms with Crippen LogP contribution in [-0.2, 0) is 4.74 Å². The van der Waals surface area contributed by atoms with E-state index in [4.69, 9.17) is 9.84 Å². The van der Waals surface area contributed by atoms with Gasteiger partial charge in [0.1, 0.15) is 0 Å². The number of fused-ring (bicyclic) bond motifs is 1. The van der Waals surface area contributed by atoms with Crippen LogP contribution in [0.15, 0.2) is 18.2 Å². The van der Waals surface area contributed by atoms with Crippen LogP contribution in [-0.4, -0.2) is 47.3 Å². The van der Waals surface area contributed by atoms with Crippen molar-refractivity contribution >= 4 is 11.9 Å². The third kappa shape index (κ3) is 1.96. The minimum Gasteiger partial charge on any atom is -0.478 e. The lowest BCUT2D eigenvalue weighted by atomic mass is 10.1. The molecular formula is C12H13NO5. The van der Waals surface area contributed by atoms with Gasteiger partial charge in [-0.3, -0.25) is 4.79 Å². The van der Waals surface area contributed by atoms with Gasteiger partial charge in [-0.2, -0.15) is 0 Å². The summed E-state index contributed by atoms with van der Waals surface area (Å²) in [5.41, 5.74) is 0.697. The standard InChI is InChI=1S/C12H13NO5/c1-18-5-4-13-10(14)8-3-2-7(12(16)17)6-9(8)11(13)15/h2-3,6,10,14H,4-5H2,1H3,(H,16,17). The molecule has 1 aliphatic heterocycles. The number of aliphatic hydroxyl groups is 1. The Hall–Kier alpha value is -1.92. The van der Waals surface area contributed by atoms with Crippen LogP contribution in [0.2, 0.25) is 0 Å². The summed E-state index contributed by atoms with van der Waals surface area (Å²) in [6.07, 6.45) is -1.04. The van der Waals surface area contributed by atoms with Gasteiger partial charge in [0.25, 0.3) is 5.91 Å². The van der Waals surface area contributed by atoms with E-state index in [-0.39, 0.29) is 23.6 Å². The number of aromatic carboxylic acids is 1. The summed E-state index contributed by atoms with van der Waals surface area (Å²) < 4.78 is 4.86. The van der Waals surface area contributed by atoms with E-state index >= 15 is 0 Å². The van der Waals surface area contributed by atoms with Crippen molar-refractivity contribution < 1.29 is 24.5 Å². The van der Waals surface area contributed by atoms with Crippen molar-refractivity contribution in [2.24, 2.45) is 0 Å². The lowest BCUT2D eigenvalue weighted by molar-refractivity contribution is 0.00728. The Morgan fingerprint density at radius 2 is 2.22 bits per heavy atom. The average Bonchev–Trinajstić information content (AvgIpc) is 2.59. The first-order valence-corrected chi connectivity index (χ1v) is 5.41. The number of carboxylic acid groups (broad SMARTS) is 1. The molecule has 0 aliphatic carbocycles. The Labute approximate surface area is 103 Å². The Balaban J connectivity index is 2.33. The van der Waals surface area contributed by atoms with Crippen LogP contribution >= 0.6 is 0 Å². The van der Waals surface area contributed by atoms with Gasteiger partial charge in [-0.05, 0) is 12.1 Å². The van der Waals surface area contributed by atoms with Crippen LogP contribution in [0.1, 0.15) is 32.5 Å². The molecule has 1 unspecified atom stereocenters. The van der Waals surface area contributed by atoms with Crippen LogP contribution in [0.4, 0.5) is 0 Å². The Kier molecular flexibility index (Phi) is 3.31. The number of carbonyl (C=O) groups is 2. The molecule has 1 atom stereocenters. The fraction of sp³-hybridized carbons (Fsp3) is 0.333. The third-order valence-corrected chi connectivity index (χ3v) is 2.90. The molecule has 0 saturated carbocycles. The van der Waals surface area contributed by atoms with E-state index in [2.05, 4.69) is 0 Å². The molecule has 2 rings (SSSR count). The molecule has 0 bridgehead atoms. The minimum atomic E-state index is -1.10. The average molecular weight is 251 g/mol. The number of carboxylic acids is 1. The summed E-state index contributed by atoms with van der Waals surface area (Å²) in [6, 6.07) is 4.13. The first-order chi connectivity index (χ1) is 8.56. The number of hydrogen-bond acceptors (Lipinski definition) is 4. The Morgan fingerprint density at radius 3 is 2.83 bits per heavy atom. The molecule has 1 heterocycles. The van der Waals surface area contributed by atoms with Crippen LogP contribution in [0.3, 0.4) is 0 Å². The highest BCUT2D eigenvalue weighted by atomic mass is 16.5. The molecule has 6 nitrogen and oxygen atoms in total. The molecular weight excluding hydrogens is 238 g/mol. The smallest absolute Gasteiger partial charge is 0.335 e. The summed E-state index contributed by atoms with van der Waals surface area (Å²) in [7, 11) is 1.50. The van der Waals surface area contributed by atoms with Gasteiger partial charge in [0, 0.05) is 24.8 Å². The zero-order chi connectivity index (χ0) is 13.3. The molecule has 1 aliphatic rings. The van der Waals surface area contributed by atoms with Crippen molar-refractivity contribution in [3.8, 4) is 0 Å². The molecule has 1 aromatic rings. The van der Waals surface area contributed by atoms with Gasteiger partial charge in [0.05, 0.1) is 12.2 Å². The first kappa shape index (κ1) is 12.5. The van der Waals surface area contributed by atoms with Crippen molar-refractivity contribution in [2.45, 2.75) is 6.23 Å². The van der Waals surface area contributed by atoms with Crippen LogP contribution < -0.4 is 0 Å². The second-order valence-electron chi connectivity index (χ2n) is 3.97. The highest BCUT2D eigenvalue weighted by molar-refractivity contribution is 6.01. The minimum absolute atomic E-state index is 0.0305. The maximum absolute atomic E-state index is 12.0. The van der Waals surface area contributed by atoms with E-state index in [1.807, 2.05) is 0 Å². The fourth-order valence-electron chi connectivity index (χ4n) is 1.95. The summed E-state index contributed by atoms with van der Waals surface area (Å²) in [5.74, 6) is -1.48. The molecule has 18 heavy (non-hydrogen) atoms. The molecule has 1 aromatic carbocycles. The lowest BCUT2D eigenvalue weighted by Crippen LogP contribution is -2.31.